The number of halogens is 1. The predicted molar refractivity (Wildman–Crippen MR) is 81.3 cm³/mol. The number of aryl methyl sites for hydroxylation is 1. The van der Waals surface area contributed by atoms with Crippen LogP contribution in [-0.2, 0) is 0 Å². The zero-order chi connectivity index (χ0) is 13.6. The molecule has 0 aliphatic rings. The summed E-state index contributed by atoms with van der Waals surface area (Å²) in [6, 6.07) is 6.18. The van der Waals surface area contributed by atoms with E-state index in [4.69, 9.17) is 4.74 Å². The molecule has 1 aromatic carbocycles. The van der Waals surface area contributed by atoms with Gasteiger partial charge in [-0.2, -0.15) is 0 Å². The second kappa shape index (κ2) is 7.15. The lowest BCUT2D eigenvalue weighted by molar-refractivity contribution is 0.175. The highest BCUT2D eigenvalue weighted by molar-refractivity contribution is 9.10. The summed E-state index contributed by atoms with van der Waals surface area (Å²) in [4.78, 5) is 0. The first-order chi connectivity index (χ1) is 8.44. The van der Waals surface area contributed by atoms with Crippen LogP contribution in [0.5, 0.6) is 5.75 Å². The maximum atomic E-state index is 5.90. The van der Waals surface area contributed by atoms with Crippen LogP contribution in [0.3, 0.4) is 0 Å². The average molecular weight is 314 g/mol. The number of ether oxygens (including phenoxy) is 1. The summed E-state index contributed by atoms with van der Waals surface area (Å²) in [6.45, 7) is 11.5. The highest BCUT2D eigenvalue weighted by Gasteiger charge is 2.18. The van der Waals surface area contributed by atoms with Crippen molar-refractivity contribution in [1.82, 2.24) is 5.32 Å². The third kappa shape index (κ3) is 5.40. The smallest absolute Gasteiger partial charge is 0.133 e. The molecule has 0 bridgehead atoms. The van der Waals surface area contributed by atoms with Gasteiger partial charge in [-0.25, -0.2) is 0 Å². The highest BCUT2D eigenvalue weighted by atomic mass is 79.9. The normalized spacial score (nSPS) is 11.6. The van der Waals surface area contributed by atoms with E-state index in [0.29, 0.717) is 6.61 Å². The molecule has 0 saturated carbocycles. The molecule has 0 radical (unpaired) electrons. The van der Waals surface area contributed by atoms with E-state index in [9.17, 15) is 0 Å². The van der Waals surface area contributed by atoms with E-state index in [1.54, 1.807) is 0 Å². The molecule has 0 aromatic heterocycles. The molecule has 1 rings (SSSR count). The van der Waals surface area contributed by atoms with Crippen molar-refractivity contribution in [2.75, 3.05) is 19.7 Å². The molecule has 2 nitrogen and oxygen atoms in total. The standard InChI is InChI=1S/C15H24BrNO/c1-5-8-17-10-15(3,4)11-18-14-7-6-12(2)9-13(14)16/h6-7,9,17H,5,8,10-11H2,1-4H3. The molecule has 1 aromatic rings. The molecule has 18 heavy (non-hydrogen) atoms. The van der Waals surface area contributed by atoms with Crippen LogP contribution in [0.25, 0.3) is 0 Å². The highest BCUT2D eigenvalue weighted by Crippen LogP contribution is 2.27. The first kappa shape index (κ1) is 15.5. The average Bonchev–Trinajstić information content (AvgIpc) is 2.28. The molecule has 102 valence electrons. The van der Waals surface area contributed by atoms with Gasteiger partial charge in [0.05, 0.1) is 11.1 Å². The lowest BCUT2D eigenvalue weighted by Crippen LogP contribution is -2.34. The van der Waals surface area contributed by atoms with E-state index in [1.165, 1.54) is 12.0 Å². The van der Waals surface area contributed by atoms with Crippen LogP contribution in [-0.4, -0.2) is 19.7 Å². The van der Waals surface area contributed by atoms with Gasteiger partial charge in [0.2, 0.25) is 0 Å². The number of nitrogens with one attached hydrogen (secondary N) is 1. The molecule has 0 fully saturated rings. The quantitative estimate of drug-likeness (QED) is 0.763. The Morgan fingerprint density at radius 3 is 2.67 bits per heavy atom. The number of hydrogen-bond donors (Lipinski definition) is 1. The first-order valence-electron chi connectivity index (χ1n) is 6.54. The zero-order valence-electron chi connectivity index (χ0n) is 11.8. The number of benzene rings is 1. The van der Waals surface area contributed by atoms with Crippen molar-refractivity contribution in [2.24, 2.45) is 5.41 Å². The number of rotatable bonds is 7. The zero-order valence-corrected chi connectivity index (χ0v) is 13.4. The van der Waals surface area contributed by atoms with E-state index in [0.717, 1.165) is 23.3 Å². The van der Waals surface area contributed by atoms with E-state index in [1.807, 2.05) is 6.07 Å². The molecular formula is C15H24BrNO. The summed E-state index contributed by atoms with van der Waals surface area (Å²) in [5.74, 6) is 0.921. The lowest BCUT2D eigenvalue weighted by atomic mass is 9.95. The van der Waals surface area contributed by atoms with Crippen LogP contribution >= 0.6 is 15.9 Å². The van der Waals surface area contributed by atoms with Gasteiger partial charge in [-0.15, -0.1) is 0 Å². The van der Waals surface area contributed by atoms with Crippen LogP contribution in [0.4, 0.5) is 0 Å². The van der Waals surface area contributed by atoms with Gasteiger partial charge < -0.3 is 10.1 Å². The van der Waals surface area contributed by atoms with Gasteiger partial charge in [0.1, 0.15) is 5.75 Å². The monoisotopic (exact) mass is 313 g/mol. The summed E-state index contributed by atoms with van der Waals surface area (Å²) in [6.07, 6.45) is 1.17. The van der Waals surface area contributed by atoms with Crippen LogP contribution in [0.15, 0.2) is 22.7 Å². The van der Waals surface area contributed by atoms with Crippen molar-refractivity contribution in [3.8, 4) is 5.75 Å². The SMILES string of the molecule is CCCNCC(C)(C)COc1ccc(C)cc1Br. The molecule has 3 heteroatoms. The maximum absolute atomic E-state index is 5.90. The summed E-state index contributed by atoms with van der Waals surface area (Å²) in [5.41, 5.74) is 1.37. The van der Waals surface area contributed by atoms with Gasteiger partial charge in [0.15, 0.2) is 0 Å². The molecule has 1 N–H and O–H groups in total. The molecular weight excluding hydrogens is 290 g/mol. The van der Waals surface area contributed by atoms with Crippen molar-refractivity contribution in [3.63, 3.8) is 0 Å². The summed E-state index contributed by atoms with van der Waals surface area (Å²) < 4.78 is 6.93. The first-order valence-corrected chi connectivity index (χ1v) is 7.33. The molecule has 0 aliphatic carbocycles. The fraction of sp³-hybridized carbons (Fsp3) is 0.600. The lowest BCUT2D eigenvalue weighted by Gasteiger charge is -2.25. The van der Waals surface area contributed by atoms with Gasteiger partial charge in [0.25, 0.3) is 0 Å². The van der Waals surface area contributed by atoms with Crippen molar-refractivity contribution in [2.45, 2.75) is 34.1 Å². The second-order valence-corrected chi connectivity index (χ2v) is 6.42. The van der Waals surface area contributed by atoms with Gasteiger partial charge in [-0.3, -0.25) is 0 Å². The fourth-order valence-corrected chi connectivity index (χ4v) is 2.26. The third-order valence-corrected chi connectivity index (χ3v) is 3.36. The number of hydrogen-bond acceptors (Lipinski definition) is 2. The Kier molecular flexibility index (Phi) is 6.16. The Morgan fingerprint density at radius 2 is 2.06 bits per heavy atom. The Labute approximate surface area is 119 Å². The molecule has 0 amide bonds. The molecule has 0 heterocycles. The molecule has 0 unspecified atom stereocenters. The Bertz CT molecular complexity index is 377. The van der Waals surface area contributed by atoms with Crippen molar-refractivity contribution >= 4 is 15.9 Å². The van der Waals surface area contributed by atoms with Gasteiger partial charge >= 0.3 is 0 Å². The fourth-order valence-electron chi connectivity index (χ4n) is 1.65. The third-order valence-electron chi connectivity index (χ3n) is 2.74. The Balaban J connectivity index is 2.48. The molecule has 0 atom stereocenters. The summed E-state index contributed by atoms with van der Waals surface area (Å²) in [5, 5.41) is 3.44. The van der Waals surface area contributed by atoms with Crippen LogP contribution in [0.2, 0.25) is 0 Å². The summed E-state index contributed by atoms with van der Waals surface area (Å²) in [7, 11) is 0. The maximum Gasteiger partial charge on any atom is 0.133 e. The summed E-state index contributed by atoms with van der Waals surface area (Å²) >= 11 is 3.54. The van der Waals surface area contributed by atoms with Gasteiger partial charge in [-0.1, -0.05) is 26.8 Å². The van der Waals surface area contributed by atoms with Gasteiger partial charge in [-0.05, 0) is 53.5 Å². The van der Waals surface area contributed by atoms with Crippen LogP contribution in [0.1, 0.15) is 32.8 Å². The van der Waals surface area contributed by atoms with Gasteiger partial charge in [0, 0.05) is 12.0 Å². The van der Waals surface area contributed by atoms with Crippen molar-refractivity contribution in [1.29, 1.82) is 0 Å². The minimum absolute atomic E-state index is 0.138. The van der Waals surface area contributed by atoms with Crippen molar-refractivity contribution in [3.05, 3.63) is 28.2 Å². The second-order valence-electron chi connectivity index (χ2n) is 5.56. The van der Waals surface area contributed by atoms with E-state index in [2.05, 4.69) is 61.1 Å². The minimum Gasteiger partial charge on any atom is -0.492 e. The topological polar surface area (TPSA) is 21.3 Å². The molecule has 0 saturated heterocycles. The van der Waals surface area contributed by atoms with Crippen LogP contribution in [0, 0.1) is 12.3 Å². The molecule has 0 aliphatic heterocycles. The Morgan fingerprint density at radius 1 is 1.33 bits per heavy atom. The minimum atomic E-state index is 0.138. The predicted octanol–water partition coefficient (Wildman–Crippen LogP) is 4.16. The van der Waals surface area contributed by atoms with Crippen molar-refractivity contribution < 1.29 is 4.74 Å². The molecule has 0 spiro atoms. The largest absolute Gasteiger partial charge is 0.492 e. The van der Waals surface area contributed by atoms with E-state index in [-0.39, 0.29) is 5.41 Å². The van der Waals surface area contributed by atoms with Crippen LogP contribution < -0.4 is 10.1 Å². The van der Waals surface area contributed by atoms with E-state index >= 15 is 0 Å². The van der Waals surface area contributed by atoms with E-state index < -0.39 is 0 Å². The Hall–Kier alpha value is -0.540.